The van der Waals surface area contributed by atoms with Gasteiger partial charge in [0.1, 0.15) is 0 Å². The molecule has 1 heterocycles. The fraction of sp³-hybridized carbons (Fsp3) is 0.667. The van der Waals surface area contributed by atoms with Gasteiger partial charge in [-0.15, -0.1) is 0 Å². The molecule has 2 unspecified atom stereocenters. The Morgan fingerprint density at radius 2 is 2.04 bits per heavy atom. The van der Waals surface area contributed by atoms with Crippen LogP contribution in [0.3, 0.4) is 0 Å². The highest BCUT2D eigenvalue weighted by atomic mass is 16.5. The summed E-state index contributed by atoms with van der Waals surface area (Å²) in [6.45, 7) is 7.22. The first-order valence-electron chi connectivity index (χ1n) is 10.1. The molecule has 2 fully saturated rings. The minimum absolute atomic E-state index is 0.500. The molecule has 1 aliphatic heterocycles. The molecule has 1 saturated heterocycles. The van der Waals surface area contributed by atoms with Gasteiger partial charge in [-0.25, -0.2) is 0 Å². The second-order valence-electron chi connectivity index (χ2n) is 7.25. The molecule has 144 valence electrons. The summed E-state index contributed by atoms with van der Waals surface area (Å²) in [5.41, 5.74) is 1.42. The van der Waals surface area contributed by atoms with E-state index in [0.717, 1.165) is 64.7 Å². The molecule has 0 bridgehead atoms. The number of nitrogens with one attached hydrogen (secondary N) is 2. The van der Waals surface area contributed by atoms with Gasteiger partial charge in [0, 0.05) is 51.5 Å². The van der Waals surface area contributed by atoms with Crippen LogP contribution >= 0.6 is 0 Å². The molecule has 2 atom stereocenters. The normalized spacial score (nSPS) is 23.7. The van der Waals surface area contributed by atoms with E-state index in [1.807, 2.05) is 0 Å². The number of ether oxygens (including phenoxy) is 2. The fourth-order valence-corrected chi connectivity index (χ4v) is 3.44. The van der Waals surface area contributed by atoms with Crippen molar-refractivity contribution in [2.45, 2.75) is 44.6 Å². The van der Waals surface area contributed by atoms with Crippen LogP contribution in [-0.2, 0) is 9.47 Å². The summed E-state index contributed by atoms with van der Waals surface area (Å²) in [6, 6.07) is 11.2. The summed E-state index contributed by atoms with van der Waals surface area (Å²) < 4.78 is 11.2. The average Bonchev–Trinajstić information content (AvgIpc) is 3.45. The van der Waals surface area contributed by atoms with Gasteiger partial charge in [0.15, 0.2) is 5.96 Å². The van der Waals surface area contributed by atoms with Crippen molar-refractivity contribution in [2.24, 2.45) is 10.9 Å². The van der Waals surface area contributed by atoms with E-state index in [1.165, 1.54) is 12.0 Å². The van der Waals surface area contributed by atoms with E-state index in [9.17, 15) is 0 Å². The Bertz CT molecular complexity index is 543. The van der Waals surface area contributed by atoms with Gasteiger partial charge in [-0.05, 0) is 44.1 Å². The van der Waals surface area contributed by atoms with E-state index in [1.54, 1.807) is 0 Å². The van der Waals surface area contributed by atoms with Gasteiger partial charge >= 0.3 is 0 Å². The van der Waals surface area contributed by atoms with Crippen LogP contribution in [0.4, 0.5) is 0 Å². The van der Waals surface area contributed by atoms with Crippen LogP contribution in [0.15, 0.2) is 35.3 Å². The molecule has 0 aromatic heterocycles. The number of nitrogens with zero attached hydrogens (tertiary/aromatic N) is 1. The highest BCUT2D eigenvalue weighted by molar-refractivity contribution is 5.80. The second-order valence-corrected chi connectivity index (χ2v) is 7.25. The van der Waals surface area contributed by atoms with Crippen LogP contribution in [0, 0.1) is 5.92 Å². The van der Waals surface area contributed by atoms with Crippen molar-refractivity contribution in [1.82, 2.24) is 10.6 Å². The van der Waals surface area contributed by atoms with E-state index in [0.29, 0.717) is 17.9 Å². The van der Waals surface area contributed by atoms with E-state index >= 15 is 0 Å². The molecule has 2 N–H and O–H groups in total. The lowest BCUT2D eigenvalue weighted by Crippen LogP contribution is -2.39. The third kappa shape index (κ3) is 6.29. The molecular formula is C21H33N3O2. The van der Waals surface area contributed by atoms with E-state index in [-0.39, 0.29) is 0 Å². The number of rotatable bonds is 9. The van der Waals surface area contributed by atoms with Crippen molar-refractivity contribution in [3.63, 3.8) is 0 Å². The Kier molecular flexibility index (Phi) is 7.77. The first-order chi connectivity index (χ1) is 12.9. The maximum atomic E-state index is 5.82. The predicted molar refractivity (Wildman–Crippen MR) is 106 cm³/mol. The molecule has 1 saturated carbocycles. The van der Waals surface area contributed by atoms with Gasteiger partial charge in [-0.2, -0.15) is 0 Å². The molecule has 0 radical (unpaired) electrons. The maximum absolute atomic E-state index is 5.82. The summed E-state index contributed by atoms with van der Waals surface area (Å²) in [7, 11) is 0. The molecule has 1 aromatic carbocycles. The molecule has 1 aromatic rings. The van der Waals surface area contributed by atoms with Crippen molar-refractivity contribution < 1.29 is 9.47 Å². The first-order valence-corrected chi connectivity index (χ1v) is 10.1. The number of hydrogen-bond acceptors (Lipinski definition) is 3. The number of aliphatic imine (C=N–C) groups is 1. The van der Waals surface area contributed by atoms with Crippen LogP contribution in [0.1, 0.15) is 44.1 Å². The Hall–Kier alpha value is -1.59. The lowest BCUT2D eigenvalue weighted by atomic mass is 10.0. The summed E-state index contributed by atoms with van der Waals surface area (Å²) >= 11 is 0. The van der Waals surface area contributed by atoms with Crippen LogP contribution in [0.25, 0.3) is 0 Å². The van der Waals surface area contributed by atoms with E-state index < -0.39 is 0 Å². The van der Waals surface area contributed by atoms with Gasteiger partial charge < -0.3 is 20.1 Å². The molecular weight excluding hydrogens is 326 g/mol. The summed E-state index contributed by atoms with van der Waals surface area (Å²) in [5.74, 6) is 2.22. The lowest BCUT2D eigenvalue weighted by molar-refractivity contribution is 0.0205. The van der Waals surface area contributed by atoms with Crippen molar-refractivity contribution in [1.29, 1.82) is 0 Å². The maximum Gasteiger partial charge on any atom is 0.191 e. The quantitative estimate of drug-likeness (QED) is 0.404. The molecule has 2 aliphatic rings. The van der Waals surface area contributed by atoms with Crippen molar-refractivity contribution >= 4 is 5.96 Å². The number of guanidine groups is 1. The van der Waals surface area contributed by atoms with Crippen LogP contribution in [-0.4, -0.2) is 51.5 Å². The fourth-order valence-electron chi connectivity index (χ4n) is 3.44. The number of hydrogen-bond donors (Lipinski definition) is 2. The Morgan fingerprint density at radius 3 is 2.81 bits per heavy atom. The molecule has 5 heteroatoms. The van der Waals surface area contributed by atoms with Gasteiger partial charge in [0.05, 0.1) is 0 Å². The Labute approximate surface area is 157 Å². The largest absolute Gasteiger partial charge is 0.381 e. The molecule has 26 heavy (non-hydrogen) atoms. The van der Waals surface area contributed by atoms with Gasteiger partial charge in [-0.1, -0.05) is 30.3 Å². The second kappa shape index (κ2) is 10.5. The average molecular weight is 360 g/mol. The summed E-state index contributed by atoms with van der Waals surface area (Å²) in [5, 5.41) is 6.92. The smallest absolute Gasteiger partial charge is 0.191 e. The zero-order valence-corrected chi connectivity index (χ0v) is 16.0. The molecule has 0 amide bonds. The van der Waals surface area contributed by atoms with Crippen LogP contribution in [0.2, 0.25) is 0 Å². The van der Waals surface area contributed by atoms with Crippen LogP contribution in [0.5, 0.6) is 0 Å². The van der Waals surface area contributed by atoms with Gasteiger partial charge in [0.25, 0.3) is 0 Å². The van der Waals surface area contributed by atoms with Gasteiger partial charge in [0.2, 0.25) is 0 Å². The van der Waals surface area contributed by atoms with E-state index in [2.05, 4.69) is 47.9 Å². The molecule has 0 spiro atoms. The monoisotopic (exact) mass is 359 g/mol. The molecule has 1 aliphatic carbocycles. The SMILES string of the molecule is CCNC(=NCCCOCC1CCOCC1)NC1CC1c1ccccc1. The lowest BCUT2D eigenvalue weighted by Gasteiger charge is -2.21. The van der Waals surface area contributed by atoms with E-state index in [4.69, 9.17) is 14.5 Å². The third-order valence-electron chi connectivity index (χ3n) is 5.10. The highest BCUT2D eigenvalue weighted by Gasteiger charge is 2.38. The highest BCUT2D eigenvalue weighted by Crippen LogP contribution is 2.40. The predicted octanol–water partition coefficient (Wildman–Crippen LogP) is 2.93. The molecule has 5 nitrogen and oxygen atoms in total. The topological polar surface area (TPSA) is 54.9 Å². The van der Waals surface area contributed by atoms with Crippen molar-refractivity contribution in [3.05, 3.63) is 35.9 Å². The van der Waals surface area contributed by atoms with Gasteiger partial charge in [-0.3, -0.25) is 4.99 Å². The first kappa shape index (κ1) is 19.2. The van der Waals surface area contributed by atoms with Crippen LogP contribution < -0.4 is 10.6 Å². The van der Waals surface area contributed by atoms with Crippen molar-refractivity contribution in [2.75, 3.05) is 39.5 Å². The zero-order valence-electron chi connectivity index (χ0n) is 16.0. The minimum atomic E-state index is 0.500. The zero-order chi connectivity index (χ0) is 18.0. The third-order valence-corrected chi connectivity index (χ3v) is 5.10. The molecule has 3 rings (SSSR count). The minimum Gasteiger partial charge on any atom is -0.381 e. The Balaban J connectivity index is 1.32. The Morgan fingerprint density at radius 1 is 1.23 bits per heavy atom. The summed E-state index contributed by atoms with van der Waals surface area (Å²) in [4.78, 5) is 4.70. The standard InChI is InChI=1S/C21H33N3O2/c1-2-22-21(24-20-15-19(20)18-7-4-3-5-8-18)23-11-6-12-26-16-17-9-13-25-14-10-17/h3-5,7-8,17,19-20H,2,6,9-16H2,1H3,(H2,22,23,24). The summed E-state index contributed by atoms with van der Waals surface area (Å²) in [6.07, 6.45) is 4.42. The van der Waals surface area contributed by atoms with Crippen molar-refractivity contribution in [3.8, 4) is 0 Å². The number of benzene rings is 1.